The summed E-state index contributed by atoms with van der Waals surface area (Å²) in [6, 6.07) is 12.4. The molecule has 10 heteroatoms. The van der Waals surface area contributed by atoms with Crippen LogP contribution in [0.1, 0.15) is 57.4 Å². The Bertz CT molecular complexity index is 1210. The summed E-state index contributed by atoms with van der Waals surface area (Å²) in [6.07, 6.45) is -2.30. The number of carbonyl (C=O) groups is 2. The normalized spacial score (nSPS) is 21.9. The van der Waals surface area contributed by atoms with E-state index in [4.69, 9.17) is 27.9 Å². The molecule has 1 aliphatic heterocycles. The summed E-state index contributed by atoms with van der Waals surface area (Å²) in [6.45, 7) is 5.79. The number of morpholine rings is 1. The molecule has 2 aromatic rings. The first kappa shape index (κ1) is 28.6. The van der Waals surface area contributed by atoms with Gasteiger partial charge in [-0.15, -0.1) is 0 Å². The average Bonchev–Trinajstić information content (AvgIpc) is 2.79. The average molecular weight is 557 g/mol. The fourth-order valence-corrected chi connectivity index (χ4v) is 5.86. The van der Waals surface area contributed by atoms with E-state index in [1.807, 2.05) is 0 Å². The Hall–Kier alpha value is -1.97. The highest BCUT2D eigenvalue weighted by molar-refractivity contribution is 7.92. The topological polar surface area (TPSA) is 101 Å². The lowest BCUT2D eigenvalue weighted by molar-refractivity contribution is -0.179. The van der Waals surface area contributed by atoms with Gasteiger partial charge in [-0.3, -0.25) is 9.59 Å². The molecule has 1 saturated heterocycles. The number of ether oxygens (including phenoxy) is 1. The van der Waals surface area contributed by atoms with Gasteiger partial charge in [0, 0.05) is 22.5 Å². The number of amides is 1. The van der Waals surface area contributed by atoms with E-state index >= 15 is 0 Å². The van der Waals surface area contributed by atoms with Gasteiger partial charge in [0.15, 0.2) is 15.6 Å². The molecule has 1 heterocycles. The van der Waals surface area contributed by atoms with Gasteiger partial charge in [0.25, 0.3) is 5.91 Å². The summed E-state index contributed by atoms with van der Waals surface area (Å²) in [7, 11) is -3.60. The fraction of sp³-hybridized carbons (Fsp3) is 0.462. The Morgan fingerprint density at radius 3 is 2.28 bits per heavy atom. The molecule has 0 aliphatic carbocycles. The Morgan fingerprint density at radius 1 is 1.08 bits per heavy atom. The third-order valence-electron chi connectivity index (χ3n) is 6.27. The van der Waals surface area contributed by atoms with E-state index in [1.54, 1.807) is 76.2 Å². The van der Waals surface area contributed by atoms with Gasteiger partial charge < -0.3 is 14.7 Å². The fourth-order valence-electron chi connectivity index (χ4n) is 4.24. The second-order valence-electron chi connectivity index (χ2n) is 9.99. The molecular formula is C26H31Cl2NO6S. The maximum atomic E-state index is 13.8. The molecule has 0 aromatic heterocycles. The number of sulfone groups is 1. The smallest absolute Gasteiger partial charge is 0.253 e. The van der Waals surface area contributed by atoms with Crippen molar-refractivity contribution >= 4 is 44.7 Å². The monoisotopic (exact) mass is 555 g/mol. The number of aliphatic hydroxyl groups excluding tert-OH is 1. The van der Waals surface area contributed by atoms with Crippen LogP contribution in [0.2, 0.25) is 10.0 Å². The maximum Gasteiger partial charge on any atom is 0.253 e. The number of halogens is 2. The summed E-state index contributed by atoms with van der Waals surface area (Å²) in [5.74, 6) is -1.36. The van der Waals surface area contributed by atoms with Crippen molar-refractivity contribution < 1.29 is 27.9 Å². The molecule has 196 valence electrons. The van der Waals surface area contributed by atoms with Crippen LogP contribution in [0.15, 0.2) is 48.5 Å². The van der Waals surface area contributed by atoms with E-state index in [2.05, 4.69) is 0 Å². The lowest BCUT2D eigenvalue weighted by atomic mass is 9.90. The third kappa shape index (κ3) is 6.29. The van der Waals surface area contributed by atoms with Gasteiger partial charge in [-0.2, -0.15) is 0 Å². The third-order valence-corrected chi connectivity index (χ3v) is 9.55. The van der Waals surface area contributed by atoms with Crippen molar-refractivity contribution in [3.63, 3.8) is 0 Å². The number of benzene rings is 2. The van der Waals surface area contributed by atoms with Gasteiger partial charge in [0.2, 0.25) is 0 Å². The van der Waals surface area contributed by atoms with Crippen molar-refractivity contribution in [3.05, 3.63) is 69.7 Å². The van der Waals surface area contributed by atoms with Crippen LogP contribution >= 0.6 is 23.2 Å². The van der Waals surface area contributed by atoms with Crippen LogP contribution in [0, 0.1) is 0 Å². The largest absolute Gasteiger partial charge is 0.389 e. The van der Waals surface area contributed by atoms with Crippen LogP contribution in [0.5, 0.6) is 0 Å². The summed E-state index contributed by atoms with van der Waals surface area (Å²) >= 11 is 12.4. The summed E-state index contributed by atoms with van der Waals surface area (Å²) < 4.78 is 31.4. The van der Waals surface area contributed by atoms with Crippen molar-refractivity contribution in [1.82, 2.24) is 4.90 Å². The van der Waals surface area contributed by atoms with Crippen LogP contribution in [-0.2, 0) is 24.2 Å². The SMILES string of the molecule is C[C@@H](CS(=O)(=O)C(C)(C)C)N1C(=O)[C@@H](CC(=O)CO)O[C@H](c2cccc(Cl)c2)[C@H]1c1ccc(Cl)cc1. The minimum atomic E-state index is -3.60. The second-order valence-corrected chi connectivity index (χ2v) is 13.6. The summed E-state index contributed by atoms with van der Waals surface area (Å²) in [4.78, 5) is 27.4. The molecule has 1 fully saturated rings. The first-order valence-electron chi connectivity index (χ1n) is 11.6. The highest BCUT2D eigenvalue weighted by Crippen LogP contribution is 2.44. The first-order valence-corrected chi connectivity index (χ1v) is 14.0. The molecule has 0 saturated carbocycles. The van der Waals surface area contributed by atoms with Crippen molar-refractivity contribution in [2.24, 2.45) is 0 Å². The van der Waals surface area contributed by atoms with E-state index in [1.165, 1.54) is 4.90 Å². The van der Waals surface area contributed by atoms with Crippen molar-refractivity contribution in [3.8, 4) is 0 Å². The highest BCUT2D eigenvalue weighted by Gasteiger charge is 2.47. The number of Topliss-reactive ketones (excluding diaryl/α,β-unsaturated/α-hetero) is 1. The molecule has 0 radical (unpaired) electrons. The molecule has 1 aliphatic rings. The van der Waals surface area contributed by atoms with Crippen LogP contribution < -0.4 is 0 Å². The second kappa shape index (κ2) is 11.2. The van der Waals surface area contributed by atoms with Gasteiger partial charge >= 0.3 is 0 Å². The Kier molecular flexibility index (Phi) is 8.89. The lowest BCUT2D eigenvalue weighted by Crippen LogP contribution is -2.56. The molecule has 1 N–H and O–H groups in total. The molecule has 36 heavy (non-hydrogen) atoms. The lowest BCUT2D eigenvalue weighted by Gasteiger charge is -2.47. The van der Waals surface area contributed by atoms with Gasteiger partial charge in [0.05, 0.1) is 16.5 Å². The standard InChI is InChI=1S/C26H31Cl2NO6S/c1-16(15-36(33,34)26(2,3)4)29-23(17-8-10-19(27)11-9-17)24(18-6-5-7-20(28)12-18)35-22(25(29)32)13-21(31)14-30/h5-12,16,22-24,30H,13-15H2,1-4H3/t16-,22+,23+,24+/m0/s1. The number of nitrogens with zero attached hydrogens (tertiary/aromatic N) is 1. The Balaban J connectivity index is 2.17. The van der Waals surface area contributed by atoms with Crippen molar-refractivity contribution in [2.75, 3.05) is 12.4 Å². The van der Waals surface area contributed by atoms with E-state index in [0.717, 1.165) is 0 Å². The summed E-state index contributed by atoms with van der Waals surface area (Å²) in [5.41, 5.74) is 1.34. The molecule has 2 aromatic carbocycles. The predicted octanol–water partition coefficient (Wildman–Crippen LogP) is 4.56. The van der Waals surface area contributed by atoms with Gasteiger partial charge in [-0.1, -0.05) is 47.5 Å². The van der Waals surface area contributed by atoms with E-state index < -0.39 is 57.2 Å². The van der Waals surface area contributed by atoms with Crippen molar-refractivity contribution in [1.29, 1.82) is 0 Å². The number of ketones is 1. The molecule has 4 atom stereocenters. The van der Waals surface area contributed by atoms with Gasteiger partial charge in [0.1, 0.15) is 18.8 Å². The maximum absolute atomic E-state index is 13.8. The number of rotatable bonds is 8. The molecule has 3 rings (SSSR count). The van der Waals surface area contributed by atoms with Crippen molar-refractivity contribution in [2.45, 2.75) is 63.2 Å². The van der Waals surface area contributed by atoms with Crippen LogP contribution in [0.25, 0.3) is 0 Å². The highest BCUT2D eigenvalue weighted by atomic mass is 35.5. The minimum Gasteiger partial charge on any atom is -0.389 e. The van der Waals surface area contributed by atoms with Crippen LogP contribution in [0.4, 0.5) is 0 Å². The van der Waals surface area contributed by atoms with Gasteiger partial charge in [-0.05, 0) is 63.1 Å². The quantitative estimate of drug-likeness (QED) is 0.512. The van der Waals surface area contributed by atoms with E-state index in [9.17, 15) is 23.1 Å². The minimum absolute atomic E-state index is 0.282. The molecule has 1 amide bonds. The van der Waals surface area contributed by atoms with Crippen LogP contribution in [-0.4, -0.2) is 59.4 Å². The number of hydrogen-bond acceptors (Lipinski definition) is 6. The summed E-state index contributed by atoms with van der Waals surface area (Å²) in [5, 5.41) is 10.3. The zero-order valence-electron chi connectivity index (χ0n) is 20.6. The molecule has 0 spiro atoms. The number of aliphatic hydroxyl groups is 1. The molecule has 7 nitrogen and oxygen atoms in total. The van der Waals surface area contributed by atoms with E-state index in [0.29, 0.717) is 21.2 Å². The van der Waals surface area contributed by atoms with E-state index in [-0.39, 0.29) is 12.2 Å². The molecular weight excluding hydrogens is 525 g/mol. The van der Waals surface area contributed by atoms with Gasteiger partial charge in [-0.25, -0.2) is 8.42 Å². The predicted molar refractivity (Wildman–Crippen MR) is 140 cm³/mol. The first-order chi connectivity index (χ1) is 16.7. The Labute approximate surface area is 222 Å². The molecule has 0 bridgehead atoms. The molecule has 0 unspecified atom stereocenters. The van der Waals surface area contributed by atoms with Crippen LogP contribution in [0.3, 0.4) is 0 Å². The zero-order valence-corrected chi connectivity index (χ0v) is 23.0. The zero-order chi connectivity index (χ0) is 26.8. The number of hydrogen-bond donors (Lipinski definition) is 1. The number of carbonyl (C=O) groups excluding carboxylic acids is 2. The Morgan fingerprint density at radius 2 is 1.72 bits per heavy atom.